The van der Waals surface area contributed by atoms with E-state index in [4.69, 9.17) is 16.6 Å². The van der Waals surface area contributed by atoms with Gasteiger partial charge in [0.15, 0.2) is 0 Å². The molecule has 0 aromatic carbocycles. The number of carboxylic acids is 1. The van der Waals surface area contributed by atoms with Crippen molar-refractivity contribution in [2.24, 2.45) is 21.7 Å². The number of hydrogen-bond donors (Lipinski definition) is 3. The van der Waals surface area contributed by atoms with Crippen molar-refractivity contribution < 1.29 is 9.90 Å². The maximum atomic E-state index is 11.0. The average Bonchev–Trinajstić information content (AvgIpc) is 2.45. The van der Waals surface area contributed by atoms with Crippen LogP contribution in [0.1, 0.15) is 47.7 Å². The lowest BCUT2D eigenvalue weighted by atomic mass is 9.84. The van der Waals surface area contributed by atoms with E-state index in [0.717, 1.165) is 31.4 Å². The zero-order valence-electron chi connectivity index (χ0n) is 11.0. The fraction of sp³-hybridized carbons (Fsp3) is 0.385. The first-order chi connectivity index (χ1) is 9.58. The van der Waals surface area contributed by atoms with Crippen molar-refractivity contribution >= 4 is 17.6 Å². The predicted molar refractivity (Wildman–Crippen MR) is 75.7 cm³/mol. The van der Waals surface area contributed by atoms with Crippen molar-refractivity contribution in [3.8, 4) is 0 Å². The molecule has 0 unspecified atom stereocenters. The van der Waals surface area contributed by atoms with E-state index in [1.807, 2.05) is 0 Å². The van der Waals surface area contributed by atoms with E-state index < -0.39 is 5.97 Å². The highest BCUT2D eigenvalue weighted by molar-refractivity contribution is 5.93. The molecular formula is C13H17N5O2. The molecule has 1 saturated carbocycles. The molecule has 1 aromatic rings. The Morgan fingerprint density at radius 3 is 2.90 bits per heavy atom. The van der Waals surface area contributed by atoms with Gasteiger partial charge in [-0.2, -0.15) is 5.10 Å². The van der Waals surface area contributed by atoms with Crippen molar-refractivity contribution in [2.75, 3.05) is 0 Å². The molecule has 0 aliphatic heterocycles. The number of rotatable bonds is 3. The van der Waals surface area contributed by atoms with Gasteiger partial charge in [-0.15, -0.1) is 5.10 Å². The van der Waals surface area contributed by atoms with Crippen LogP contribution >= 0.6 is 0 Å². The number of aromatic nitrogens is 1. The lowest BCUT2D eigenvalue weighted by molar-refractivity contribution is 0.0696. The summed E-state index contributed by atoms with van der Waals surface area (Å²) in [4.78, 5) is 15.3. The molecule has 1 fully saturated rings. The topological polar surface area (TPSA) is 127 Å². The number of guanidine groups is 1. The number of nitrogens with zero attached hydrogens (tertiary/aromatic N) is 3. The van der Waals surface area contributed by atoms with Gasteiger partial charge in [-0.05, 0) is 31.4 Å². The molecule has 0 amide bonds. The summed E-state index contributed by atoms with van der Waals surface area (Å²) in [6.07, 6.45) is 5.24. The van der Waals surface area contributed by atoms with Crippen molar-refractivity contribution in [2.45, 2.75) is 31.6 Å². The SMILES string of the molecule is NC(N)=N/N=C1/CCCC[C@H]1c1cc(C(=O)O)ccn1. The summed E-state index contributed by atoms with van der Waals surface area (Å²) in [5.41, 5.74) is 12.3. The standard InChI is InChI=1S/C13H17N5O2/c14-13(15)18-17-10-4-2-1-3-9(10)11-7-8(12(19)20)5-6-16-11/h5-7,9H,1-4H2,(H,19,20)(H4,14,15,18)/b17-10-/t9-/m1/s1. The van der Waals surface area contributed by atoms with Crippen LogP contribution in [0.15, 0.2) is 28.5 Å². The van der Waals surface area contributed by atoms with Crippen molar-refractivity contribution in [3.63, 3.8) is 0 Å². The van der Waals surface area contributed by atoms with Crippen LogP contribution in [0.25, 0.3) is 0 Å². The minimum absolute atomic E-state index is 0.0221. The third-order valence-corrected chi connectivity index (χ3v) is 3.26. The molecule has 0 bridgehead atoms. The van der Waals surface area contributed by atoms with Crippen LogP contribution in [0.5, 0.6) is 0 Å². The third kappa shape index (κ3) is 3.31. The van der Waals surface area contributed by atoms with E-state index >= 15 is 0 Å². The molecule has 1 aliphatic carbocycles. The fourth-order valence-corrected chi connectivity index (χ4v) is 2.33. The predicted octanol–water partition coefficient (Wildman–Crippen LogP) is 1.07. The Labute approximate surface area is 116 Å². The van der Waals surface area contributed by atoms with Crippen molar-refractivity contribution in [1.29, 1.82) is 0 Å². The molecule has 0 saturated heterocycles. The highest BCUT2D eigenvalue weighted by atomic mass is 16.4. The van der Waals surface area contributed by atoms with Crippen LogP contribution < -0.4 is 11.5 Å². The van der Waals surface area contributed by atoms with Crippen LogP contribution in [0.2, 0.25) is 0 Å². The van der Waals surface area contributed by atoms with Crippen molar-refractivity contribution in [1.82, 2.24) is 4.98 Å². The van der Waals surface area contributed by atoms with Crippen molar-refractivity contribution in [3.05, 3.63) is 29.6 Å². The summed E-state index contributed by atoms with van der Waals surface area (Å²) in [6, 6.07) is 3.06. The second-order valence-corrected chi connectivity index (χ2v) is 4.69. The van der Waals surface area contributed by atoms with Gasteiger partial charge in [-0.3, -0.25) is 4.98 Å². The Morgan fingerprint density at radius 1 is 1.40 bits per heavy atom. The summed E-state index contributed by atoms with van der Waals surface area (Å²) < 4.78 is 0. The molecular weight excluding hydrogens is 258 g/mol. The van der Waals surface area contributed by atoms with E-state index in [2.05, 4.69) is 15.2 Å². The molecule has 7 heteroatoms. The van der Waals surface area contributed by atoms with Crippen LogP contribution in [-0.2, 0) is 0 Å². The van der Waals surface area contributed by atoms with E-state index in [-0.39, 0.29) is 17.4 Å². The summed E-state index contributed by atoms with van der Waals surface area (Å²) in [6.45, 7) is 0. The number of carbonyl (C=O) groups is 1. The van der Waals surface area contributed by atoms with Crippen LogP contribution in [-0.4, -0.2) is 27.7 Å². The minimum Gasteiger partial charge on any atom is -0.478 e. The van der Waals surface area contributed by atoms with Gasteiger partial charge >= 0.3 is 5.97 Å². The number of pyridine rings is 1. The van der Waals surface area contributed by atoms with Crippen LogP contribution in [0, 0.1) is 0 Å². The monoisotopic (exact) mass is 275 g/mol. The van der Waals surface area contributed by atoms with Gasteiger partial charge in [0, 0.05) is 23.5 Å². The zero-order valence-corrected chi connectivity index (χ0v) is 11.0. The third-order valence-electron chi connectivity index (χ3n) is 3.26. The number of nitrogens with two attached hydrogens (primary N) is 2. The Kier molecular flexibility index (Phi) is 4.29. The summed E-state index contributed by atoms with van der Waals surface area (Å²) >= 11 is 0. The van der Waals surface area contributed by atoms with Crippen LogP contribution in [0.3, 0.4) is 0 Å². The average molecular weight is 275 g/mol. The maximum absolute atomic E-state index is 11.0. The second kappa shape index (κ2) is 6.14. The Morgan fingerprint density at radius 2 is 2.20 bits per heavy atom. The summed E-state index contributed by atoms with van der Waals surface area (Å²) in [7, 11) is 0. The minimum atomic E-state index is -0.966. The normalized spacial score (nSPS) is 20.6. The number of carboxylic acid groups (broad SMARTS) is 1. The lowest BCUT2D eigenvalue weighted by Gasteiger charge is -2.23. The molecule has 1 aliphatic rings. The number of aromatic carboxylic acids is 1. The van der Waals surface area contributed by atoms with Gasteiger partial charge in [0.2, 0.25) is 5.96 Å². The fourth-order valence-electron chi connectivity index (χ4n) is 2.33. The summed E-state index contributed by atoms with van der Waals surface area (Å²) in [5, 5.41) is 16.8. The molecule has 106 valence electrons. The van der Waals surface area contributed by atoms with Gasteiger partial charge < -0.3 is 16.6 Å². The number of hydrogen-bond acceptors (Lipinski definition) is 4. The highest BCUT2D eigenvalue weighted by Gasteiger charge is 2.24. The molecule has 1 atom stereocenters. The molecule has 2 rings (SSSR count). The van der Waals surface area contributed by atoms with Gasteiger partial charge in [-0.25, -0.2) is 4.79 Å². The lowest BCUT2D eigenvalue weighted by Crippen LogP contribution is -2.23. The maximum Gasteiger partial charge on any atom is 0.335 e. The second-order valence-electron chi connectivity index (χ2n) is 4.69. The van der Waals surface area contributed by atoms with Gasteiger partial charge in [0.25, 0.3) is 0 Å². The molecule has 1 aromatic heterocycles. The Hall–Kier alpha value is -2.44. The van der Waals surface area contributed by atoms with E-state index in [0.29, 0.717) is 5.69 Å². The zero-order chi connectivity index (χ0) is 14.5. The van der Waals surface area contributed by atoms with Gasteiger partial charge in [0.1, 0.15) is 0 Å². The van der Waals surface area contributed by atoms with Gasteiger partial charge in [0.05, 0.1) is 5.56 Å². The van der Waals surface area contributed by atoms with E-state index in [1.54, 1.807) is 6.07 Å². The molecule has 0 radical (unpaired) electrons. The smallest absolute Gasteiger partial charge is 0.335 e. The van der Waals surface area contributed by atoms with E-state index in [1.165, 1.54) is 12.3 Å². The van der Waals surface area contributed by atoms with E-state index in [9.17, 15) is 4.79 Å². The first-order valence-corrected chi connectivity index (χ1v) is 6.42. The first-order valence-electron chi connectivity index (χ1n) is 6.42. The highest BCUT2D eigenvalue weighted by Crippen LogP contribution is 2.30. The molecule has 7 nitrogen and oxygen atoms in total. The van der Waals surface area contributed by atoms with Crippen LogP contribution in [0.4, 0.5) is 0 Å². The largest absolute Gasteiger partial charge is 0.478 e. The van der Waals surface area contributed by atoms with Gasteiger partial charge in [-0.1, -0.05) is 6.42 Å². The molecule has 1 heterocycles. The molecule has 20 heavy (non-hydrogen) atoms. The molecule has 0 spiro atoms. The summed E-state index contributed by atoms with van der Waals surface area (Å²) in [5.74, 6) is -1.08. The molecule has 5 N–H and O–H groups in total. The first kappa shape index (κ1) is 14.0. The quantitative estimate of drug-likeness (QED) is 0.432. The Bertz CT molecular complexity index is 564. The Balaban J connectivity index is 2.32.